The van der Waals surface area contributed by atoms with Crippen LogP contribution in [0.4, 0.5) is 18.9 Å². The van der Waals surface area contributed by atoms with Crippen molar-refractivity contribution >= 4 is 16.6 Å². The van der Waals surface area contributed by atoms with Crippen LogP contribution in [0.2, 0.25) is 0 Å². The van der Waals surface area contributed by atoms with E-state index in [1.165, 1.54) is 6.92 Å². The molecule has 0 aliphatic carbocycles. The number of rotatable bonds is 1. The van der Waals surface area contributed by atoms with Crippen molar-refractivity contribution in [3.05, 3.63) is 35.0 Å². The Morgan fingerprint density at radius 1 is 1.21 bits per heavy atom. The molecule has 2 aromatic rings. The highest BCUT2D eigenvalue weighted by atomic mass is 19.4. The summed E-state index contributed by atoms with van der Waals surface area (Å²) in [5, 5.41) is 0.580. The maximum Gasteiger partial charge on any atom is 0.433 e. The quantitative estimate of drug-likeness (QED) is 0.839. The molecule has 2 nitrogen and oxygen atoms in total. The summed E-state index contributed by atoms with van der Waals surface area (Å²) in [7, 11) is 0. The summed E-state index contributed by atoms with van der Waals surface area (Å²) in [6.45, 7) is 5.19. The van der Waals surface area contributed by atoms with Gasteiger partial charge in [-0.25, -0.2) is 4.98 Å². The summed E-state index contributed by atoms with van der Waals surface area (Å²) in [5.41, 5.74) is 6.20. The molecule has 0 saturated heterocycles. The van der Waals surface area contributed by atoms with E-state index in [9.17, 15) is 13.2 Å². The first-order chi connectivity index (χ1) is 8.73. The Hall–Kier alpha value is -1.78. The van der Waals surface area contributed by atoms with Gasteiger partial charge in [-0.05, 0) is 18.4 Å². The first-order valence-corrected chi connectivity index (χ1v) is 5.99. The fourth-order valence-electron chi connectivity index (χ4n) is 2.17. The number of alkyl halides is 3. The predicted octanol–water partition coefficient (Wildman–Crippen LogP) is 4.27. The Labute approximate surface area is 109 Å². The van der Waals surface area contributed by atoms with E-state index in [1.807, 2.05) is 13.8 Å². The topological polar surface area (TPSA) is 38.9 Å². The van der Waals surface area contributed by atoms with Crippen LogP contribution in [0.3, 0.4) is 0 Å². The summed E-state index contributed by atoms with van der Waals surface area (Å²) in [6.07, 6.45) is -4.49. The van der Waals surface area contributed by atoms with Crippen LogP contribution in [-0.2, 0) is 6.18 Å². The summed E-state index contributed by atoms with van der Waals surface area (Å²) >= 11 is 0. The van der Waals surface area contributed by atoms with Crippen molar-refractivity contribution in [2.75, 3.05) is 5.73 Å². The molecule has 0 spiro atoms. The van der Waals surface area contributed by atoms with Gasteiger partial charge >= 0.3 is 6.18 Å². The van der Waals surface area contributed by atoms with Crippen molar-refractivity contribution in [2.45, 2.75) is 32.9 Å². The molecule has 0 fully saturated rings. The molecule has 0 aliphatic rings. The average molecular weight is 268 g/mol. The van der Waals surface area contributed by atoms with Gasteiger partial charge in [-0.3, -0.25) is 0 Å². The molecule has 2 N–H and O–H groups in total. The lowest BCUT2D eigenvalue weighted by atomic mass is 9.97. The van der Waals surface area contributed by atoms with Crippen LogP contribution in [0.15, 0.2) is 18.2 Å². The van der Waals surface area contributed by atoms with Gasteiger partial charge < -0.3 is 5.73 Å². The van der Waals surface area contributed by atoms with Crippen LogP contribution in [0.1, 0.15) is 36.6 Å². The van der Waals surface area contributed by atoms with Crippen molar-refractivity contribution in [3.8, 4) is 0 Å². The standard InChI is InChI=1S/C14H15F3N2/c1-7(2)9-5-4-6-10-11(18)8(3)13(14(15,16)17)19-12(9)10/h4-7H,1-3H3,(H2,18,19). The lowest BCUT2D eigenvalue weighted by Gasteiger charge is -2.16. The number of para-hydroxylation sites is 1. The van der Waals surface area contributed by atoms with E-state index in [0.717, 1.165) is 5.56 Å². The number of hydrogen-bond acceptors (Lipinski definition) is 2. The van der Waals surface area contributed by atoms with Crippen molar-refractivity contribution in [2.24, 2.45) is 0 Å². The number of benzene rings is 1. The van der Waals surface area contributed by atoms with Gasteiger partial charge in [0.05, 0.1) is 5.52 Å². The Kier molecular flexibility index (Phi) is 3.16. The van der Waals surface area contributed by atoms with Gasteiger partial charge in [0, 0.05) is 16.6 Å². The zero-order valence-electron chi connectivity index (χ0n) is 11.0. The molecule has 1 aromatic carbocycles. The Morgan fingerprint density at radius 3 is 2.37 bits per heavy atom. The van der Waals surface area contributed by atoms with Gasteiger partial charge in [0.2, 0.25) is 0 Å². The number of nitrogen functional groups attached to an aromatic ring is 1. The second kappa shape index (κ2) is 4.40. The summed E-state index contributed by atoms with van der Waals surface area (Å²) < 4.78 is 38.9. The molecule has 0 aliphatic heterocycles. The Bertz CT molecular complexity index is 631. The first kappa shape index (κ1) is 13.6. The van der Waals surface area contributed by atoms with Crippen LogP contribution < -0.4 is 5.73 Å². The van der Waals surface area contributed by atoms with E-state index in [-0.39, 0.29) is 17.2 Å². The third-order valence-electron chi connectivity index (χ3n) is 3.23. The molecule has 0 bridgehead atoms. The molecule has 1 heterocycles. The van der Waals surface area contributed by atoms with E-state index >= 15 is 0 Å². The fraction of sp³-hybridized carbons (Fsp3) is 0.357. The highest BCUT2D eigenvalue weighted by molar-refractivity contribution is 5.94. The average Bonchev–Trinajstić information content (AvgIpc) is 2.31. The van der Waals surface area contributed by atoms with Gasteiger partial charge in [-0.15, -0.1) is 0 Å². The molecular weight excluding hydrogens is 253 g/mol. The number of anilines is 1. The number of halogens is 3. The third kappa shape index (κ3) is 2.25. The molecule has 0 unspecified atom stereocenters. The van der Waals surface area contributed by atoms with Gasteiger partial charge in [0.25, 0.3) is 0 Å². The zero-order chi connectivity index (χ0) is 14.4. The molecule has 0 radical (unpaired) electrons. The van der Waals surface area contributed by atoms with Crippen LogP contribution in [0.5, 0.6) is 0 Å². The first-order valence-electron chi connectivity index (χ1n) is 5.99. The van der Waals surface area contributed by atoms with E-state index < -0.39 is 11.9 Å². The minimum Gasteiger partial charge on any atom is -0.398 e. The lowest BCUT2D eigenvalue weighted by molar-refractivity contribution is -0.141. The largest absolute Gasteiger partial charge is 0.433 e. The SMILES string of the molecule is Cc1c(C(F)(F)F)nc2c(C(C)C)cccc2c1N. The van der Waals surface area contributed by atoms with Crippen molar-refractivity contribution in [1.82, 2.24) is 4.98 Å². The summed E-state index contributed by atoms with van der Waals surface area (Å²) in [6, 6.07) is 5.29. The summed E-state index contributed by atoms with van der Waals surface area (Å²) in [4.78, 5) is 3.82. The van der Waals surface area contributed by atoms with Gasteiger partial charge in [0.15, 0.2) is 0 Å². The van der Waals surface area contributed by atoms with Crippen LogP contribution in [0, 0.1) is 6.92 Å². The third-order valence-corrected chi connectivity index (χ3v) is 3.23. The molecule has 0 saturated carbocycles. The molecule has 0 atom stereocenters. The Morgan fingerprint density at radius 2 is 1.84 bits per heavy atom. The highest BCUT2D eigenvalue weighted by Gasteiger charge is 2.36. The minimum absolute atomic E-state index is 0.0130. The molecular formula is C14H15F3N2. The van der Waals surface area contributed by atoms with Crippen LogP contribution >= 0.6 is 0 Å². The lowest BCUT2D eigenvalue weighted by Crippen LogP contribution is -2.13. The van der Waals surface area contributed by atoms with E-state index in [2.05, 4.69) is 4.98 Å². The second-order valence-electron chi connectivity index (χ2n) is 4.89. The molecule has 2 rings (SSSR count). The molecule has 5 heteroatoms. The number of fused-ring (bicyclic) bond motifs is 1. The second-order valence-corrected chi connectivity index (χ2v) is 4.89. The van der Waals surface area contributed by atoms with Crippen molar-refractivity contribution < 1.29 is 13.2 Å². The van der Waals surface area contributed by atoms with Crippen LogP contribution in [0.25, 0.3) is 10.9 Å². The molecule has 0 amide bonds. The molecule has 19 heavy (non-hydrogen) atoms. The van der Waals surface area contributed by atoms with E-state index in [4.69, 9.17) is 5.73 Å². The number of nitrogens with two attached hydrogens (primary N) is 1. The van der Waals surface area contributed by atoms with Crippen molar-refractivity contribution in [3.63, 3.8) is 0 Å². The number of hydrogen-bond donors (Lipinski definition) is 1. The summed E-state index contributed by atoms with van der Waals surface area (Å²) in [5.74, 6) is 0.0828. The maximum atomic E-state index is 13.0. The Balaban J connectivity index is 2.90. The van der Waals surface area contributed by atoms with Gasteiger partial charge in [-0.2, -0.15) is 13.2 Å². The number of pyridine rings is 1. The van der Waals surface area contributed by atoms with E-state index in [1.54, 1.807) is 18.2 Å². The number of aromatic nitrogens is 1. The fourth-order valence-corrected chi connectivity index (χ4v) is 2.17. The maximum absolute atomic E-state index is 13.0. The monoisotopic (exact) mass is 268 g/mol. The van der Waals surface area contributed by atoms with Crippen LogP contribution in [-0.4, -0.2) is 4.98 Å². The van der Waals surface area contributed by atoms with Gasteiger partial charge in [0.1, 0.15) is 5.69 Å². The molecule has 1 aromatic heterocycles. The number of nitrogens with zero attached hydrogens (tertiary/aromatic N) is 1. The zero-order valence-corrected chi connectivity index (χ0v) is 11.0. The predicted molar refractivity (Wildman–Crippen MR) is 70.0 cm³/mol. The normalized spacial score (nSPS) is 12.4. The van der Waals surface area contributed by atoms with E-state index in [0.29, 0.717) is 10.9 Å². The van der Waals surface area contributed by atoms with Crippen molar-refractivity contribution in [1.29, 1.82) is 0 Å². The minimum atomic E-state index is -4.49. The molecule has 102 valence electrons. The van der Waals surface area contributed by atoms with Gasteiger partial charge in [-0.1, -0.05) is 32.0 Å². The highest BCUT2D eigenvalue weighted by Crippen LogP contribution is 2.37. The smallest absolute Gasteiger partial charge is 0.398 e.